The predicted molar refractivity (Wildman–Crippen MR) is 139 cm³/mol. The van der Waals surface area contributed by atoms with Gasteiger partial charge in [0, 0.05) is 38.3 Å². The van der Waals surface area contributed by atoms with Crippen LogP contribution in [0.25, 0.3) is 0 Å². The quantitative estimate of drug-likeness (QED) is 0.532. The van der Waals surface area contributed by atoms with Gasteiger partial charge >= 0.3 is 0 Å². The zero-order valence-corrected chi connectivity index (χ0v) is 21.7. The molecule has 1 aliphatic heterocycles. The van der Waals surface area contributed by atoms with Gasteiger partial charge in [-0.05, 0) is 79.5 Å². The molecule has 1 heterocycles. The highest BCUT2D eigenvalue weighted by Gasteiger charge is 2.32. The largest absolute Gasteiger partial charge is 0.370 e. The molecule has 0 spiro atoms. The molecule has 1 aromatic carbocycles. The molecule has 1 saturated heterocycles. The molecule has 3 rings (SSSR count). The Morgan fingerprint density at radius 2 is 1.72 bits per heavy atom. The Morgan fingerprint density at radius 1 is 1.06 bits per heavy atom. The molecule has 2 aliphatic rings. The molecule has 32 heavy (non-hydrogen) atoms. The summed E-state index contributed by atoms with van der Waals surface area (Å²) in [4.78, 5) is 16.5. The van der Waals surface area contributed by atoms with Crippen LogP contribution in [-0.4, -0.2) is 43.5 Å². The Balaban J connectivity index is 0.00000363. The van der Waals surface area contributed by atoms with Gasteiger partial charge in [-0.1, -0.05) is 46.2 Å². The summed E-state index contributed by atoms with van der Waals surface area (Å²) in [5.41, 5.74) is 10.0. The summed E-state index contributed by atoms with van der Waals surface area (Å²) in [7, 11) is 0. The van der Waals surface area contributed by atoms with Crippen molar-refractivity contribution in [3.8, 4) is 0 Å². The lowest BCUT2D eigenvalue weighted by atomic mass is 9.68. The minimum Gasteiger partial charge on any atom is -0.370 e. The number of benzene rings is 1. The van der Waals surface area contributed by atoms with E-state index in [-0.39, 0.29) is 18.3 Å². The molecule has 1 amide bonds. The molecular weight excluding hydrogens is 418 g/mol. The molecule has 0 unspecified atom stereocenters. The van der Waals surface area contributed by atoms with Crippen LogP contribution in [0.2, 0.25) is 0 Å². The van der Waals surface area contributed by atoms with Crippen molar-refractivity contribution >= 4 is 24.0 Å². The topological polar surface area (TPSA) is 49.6 Å². The number of nitrogens with zero attached hydrogens (tertiary/aromatic N) is 2. The molecule has 182 valence electrons. The smallest absolute Gasteiger partial charge is 0.217 e. The number of primary amides is 1. The monoisotopic (exact) mass is 463 g/mol. The first kappa shape index (κ1) is 27.0. The number of piperazine rings is 1. The van der Waals surface area contributed by atoms with Gasteiger partial charge in [-0.25, -0.2) is 0 Å². The standard InChI is InChI=1S/C27H45N3O.ClH/c1-5-6-15-29-16-18-30(19-17-29)25-20-21(8-14-26(28)31)7-13-24(25)22-9-11-23(12-10-22)27(2,3)4;/h7,13,20,22-23H,5-6,8-12,14-19H2,1-4H3,(H2,28,31);1H. The number of amides is 1. The van der Waals surface area contributed by atoms with Gasteiger partial charge < -0.3 is 10.6 Å². The van der Waals surface area contributed by atoms with Crippen molar-refractivity contribution < 1.29 is 4.79 Å². The molecule has 2 fully saturated rings. The molecule has 0 bridgehead atoms. The third-order valence-corrected chi connectivity index (χ3v) is 7.69. The van der Waals surface area contributed by atoms with E-state index in [0.717, 1.165) is 38.5 Å². The number of aryl methyl sites for hydroxylation is 1. The van der Waals surface area contributed by atoms with Crippen molar-refractivity contribution in [3.05, 3.63) is 29.3 Å². The van der Waals surface area contributed by atoms with Crippen LogP contribution < -0.4 is 10.6 Å². The third kappa shape index (κ3) is 7.38. The van der Waals surface area contributed by atoms with Gasteiger partial charge in [0.15, 0.2) is 0 Å². The summed E-state index contributed by atoms with van der Waals surface area (Å²) in [6, 6.07) is 6.99. The second-order valence-electron chi connectivity index (χ2n) is 11.0. The van der Waals surface area contributed by atoms with E-state index < -0.39 is 0 Å². The summed E-state index contributed by atoms with van der Waals surface area (Å²) < 4.78 is 0. The number of carbonyl (C=O) groups excluding carboxylic acids is 1. The second-order valence-corrected chi connectivity index (χ2v) is 11.0. The van der Waals surface area contributed by atoms with E-state index in [1.807, 2.05) is 0 Å². The fourth-order valence-corrected chi connectivity index (χ4v) is 5.50. The molecule has 4 nitrogen and oxygen atoms in total. The molecule has 1 aliphatic carbocycles. The predicted octanol–water partition coefficient (Wildman–Crippen LogP) is 5.77. The van der Waals surface area contributed by atoms with Crippen LogP contribution in [0, 0.1) is 11.3 Å². The first-order valence-electron chi connectivity index (χ1n) is 12.7. The zero-order chi connectivity index (χ0) is 22.4. The Kier molecular flexibility index (Phi) is 10.4. The van der Waals surface area contributed by atoms with Crippen LogP contribution >= 0.6 is 12.4 Å². The maximum Gasteiger partial charge on any atom is 0.217 e. The number of hydrogen-bond donors (Lipinski definition) is 1. The minimum atomic E-state index is -0.212. The van der Waals surface area contributed by atoms with Gasteiger partial charge in [-0.15, -0.1) is 12.4 Å². The average Bonchev–Trinajstić information content (AvgIpc) is 2.76. The Bertz CT molecular complexity index is 714. The Labute approximate surface area is 202 Å². The number of anilines is 1. The fraction of sp³-hybridized carbons (Fsp3) is 0.741. The second kappa shape index (κ2) is 12.3. The Morgan fingerprint density at radius 3 is 2.28 bits per heavy atom. The molecule has 5 heteroatoms. The molecule has 0 radical (unpaired) electrons. The van der Waals surface area contributed by atoms with Crippen LogP contribution in [-0.2, 0) is 11.2 Å². The van der Waals surface area contributed by atoms with E-state index in [1.54, 1.807) is 0 Å². The Hall–Kier alpha value is -1.26. The van der Waals surface area contributed by atoms with Crippen LogP contribution in [0.1, 0.15) is 89.7 Å². The van der Waals surface area contributed by atoms with E-state index in [2.05, 4.69) is 55.7 Å². The summed E-state index contributed by atoms with van der Waals surface area (Å²) in [6.45, 7) is 15.2. The molecule has 2 N–H and O–H groups in total. The number of carbonyl (C=O) groups is 1. The van der Waals surface area contributed by atoms with E-state index in [1.165, 1.54) is 61.9 Å². The van der Waals surface area contributed by atoms with E-state index >= 15 is 0 Å². The lowest BCUT2D eigenvalue weighted by molar-refractivity contribution is -0.117. The highest BCUT2D eigenvalue weighted by Crippen LogP contribution is 2.45. The summed E-state index contributed by atoms with van der Waals surface area (Å²) in [5.74, 6) is 1.29. The van der Waals surface area contributed by atoms with Crippen molar-refractivity contribution in [1.82, 2.24) is 4.90 Å². The van der Waals surface area contributed by atoms with Crippen molar-refractivity contribution in [2.45, 2.75) is 85.0 Å². The zero-order valence-electron chi connectivity index (χ0n) is 20.9. The van der Waals surface area contributed by atoms with Crippen molar-refractivity contribution in [2.24, 2.45) is 17.1 Å². The molecule has 1 aromatic rings. The van der Waals surface area contributed by atoms with Gasteiger partial charge in [-0.2, -0.15) is 0 Å². The number of halogens is 1. The van der Waals surface area contributed by atoms with Gasteiger partial charge in [-0.3, -0.25) is 9.69 Å². The van der Waals surface area contributed by atoms with E-state index in [0.29, 0.717) is 17.8 Å². The SMILES string of the molecule is CCCCN1CCN(c2cc(CCC(N)=O)ccc2C2CCC(C(C)(C)C)CC2)CC1.Cl. The first-order valence-corrected chi connectivity index (χ1v) is 12.7. The molecule has 1 saturated carbocycles. The van der Waals surface area contributed by atoms with Crippen LogP contribution in [0.5, 0.6) is 0 Å². The minimum absolute atomic E-state index is 0. The van der Waals surface area contributed by atoms with Crippen LogP contribution in [0.15, 0.2) is 18.2 Å². The van der Waals surface area contributed by atoms with Gasteiger partial charge in [0.25, 0.3) is 0 Å². The van der Waals surface area contributed by atoms with E-state index in [9.17, 15) is 4.79 Å². The number of nitrogens with two attached hydrogens (primary N) is 1. The highest BCUT2D eigenvalue weighted by molar-refractivity contribution is 5.85. The van der Waals surface area contributed by atoms with Crippen LogP contribution in [0.3, 0.4) is 0 Å². The van der Waals surface area contributed by atoms with Gasteiger partial charge in [0.2, 0.25) is 5.91 Å². The van der Waals surface area contributed by atoms with Gasteiger partial charge in [0.05, 0.1) is 0 Å². The first-order chi connectivity index (χ1) is 14.8. The molecular formula is C27H46ClN3O. The average molecular weight is 464 g/mol. The number of rotatable bonds is 8. The van der Waals surface area contributed by atoms with Crippen molar-refractivity contribution in [3.63, 3.8) is 0 Å². The maximum absolute atomic E-state index is 11.3. The lowest BCUT2D eigenvalue weighted by Crippen LogP contribution is -2.47. The van der Waals surface area contributed by atoms with Crippen molar-refractivity contribution in [1.29, 1.82) is 0 Å². The highest BCUT2D eigenvalue weighted by atomic mass is 35.5. The number of unbranched alkanes of at least 4 members (excludes halogenated alkanes) is 1. The van der Waals surface area contributed by atoms with Gasteiger partial charge in [0.1, 0.15) is 0 Å². The molecule has 0 atom stereocenters. The van der Waals surface area contributed by atoms with Crippen molar-refractivity contribution in [2.75, 3.05) is 37.6 Å². The lowest BCUT2D eigenvalue weighted by Gasteiger charge is -2.40. The summed E-state index contributed by atoms with van der Waals surface area (Å²) in [6.07, 6.45) is 9.01. The molecule has 0 aromatic heterocycles. The summed E-state index contributed by atoms with van der Waals surface area (Å²) in [5, 5.41) is 0. The normalized spacial score (nSPS) is 22.4. The van der Waals surface area contributed by atoms with E-state index in [4.69, 9.17) is 5.73 Å². The maximum atomic E-state index is 11.3. The van der Waals surface area contributed by atoms with Crippen LogP contribution in [0.4, 0.5) is 5.69 Å². The third-order valence-electron chi connectivity index (χ3n) is 7.69. The fourth-order valence-electron chi connectivity index (χ4n) is 5.50. The summed E-state index contributed by atoms with van der Waals surface area (Å²) >= 11 is 0. The number of hydrogen-bond acceptors (Lipinski definition) is 3.